The van der Waals surface area contributed by atoms with Gasteiger partial charge in [-0.15, -0.1) is 0 Å². The molecule has 0 bridgehead atoms. The molecule has 0 fully saturated rings. The molecule has 3 N–H and O–H groups in total. The van der Waals surface area contributed by atoms with Gasteiger partial charge >= 0.3 is 5.97 Å². The summed E-state index contributed by atoms with van der Waals surface area (Å²) in [5, 5.41) is 2.61. The molecule has 8 nitrogen and oxygen atoms in total. The van der Waals surface area contributed by atoms with Crippen molar-refractivity contribution in [2.45, 2.75) is 6.92 Å². The van der Waals surface area contributed by atoms with Crippen molar-refractivity contribution in [2.75, 3.05) is 25.1 Å². The second-order valence-electron chi connectivity index (χ2n) is 5.29. The number of hydrogen-bond acceptors (Lipinski definition) is 6. The lowest BCUT2D eigenvalue weighted by molar-refractivity contribution is -0.149. The minimum atomic E-state index is -0.762. The number of esters is 1. The second-order valence-corrected chi connectivity index (χ2v) is 5.29. The van der Waals surface area contributed by atoms with Crippen LogP contribution in [0, 0.1) is 0 Å². The summed E-state index contributed by atoms with van der Waals surface area (Å²) in [4.78, 5) is 35.0. The molecule has 0 heterocycles. The molecule has 2 aromatic carbocycles. The number of amides is 2. The van der Waals surface area contributed by atoms with E-state index in [1.165, 1.54) is 12.1 Å². The Balaban J connectivity index is 1.82. The molecule has 0 aliphatic heterocycles. The molecular weight excluding hydrogens is 352 g/mol. The van der Waals surface area contributed by atoms with Crippen molar-refractivity contribution in [3.63, 3.8) is 0 Å². The van der Waals surface area contributed by atoms with Crippen LogP contribution in [0.25, 0.3) is 0 Å². The number of carbonyl (C=O) groups is 3. The van der Waals surface area contributed by atoms with Gasteiger partial charge in [0.2, 0.25) is 0 Å². The van der Waals surface area contributed by atoms with Crippen LogP contribution < -0.4 is 20.5 Å². The van der Waals surface area contributed by atoms with Crippen LogP contribution in [0.4, 0.5) is 5.69 Å². The Morgan fingerprint density at radius 3 is 2.30 bits per heavy atom. The van der Waals surface area contributed by atoms with Gasteiger partial charge in [-0.1, -0.05) is 24.3 Å². The van der Waals surface area contributed by atoms with E-state index in [0.29, 0.717) is 18.0 Å². The Labute approximate surface area is 156 Å². The molecule has 2 aromatic rings. The van der Waals surface area contributed by atoms with Crippen LogP contribution >= 0.6 is 0 Å². The van der Waals surface area contributed by atoms with Gasteiger partial charge in [0.05, 0.1) is 17.9 Å². The van der Waals surface area contributed by atoms with Crippen LogP contribution in [-0.2, 0) is 14.3 Å². The van der Waals surface area contributed by atoms with Crippen molar-refractivity contribution in [3.8, 4) is 11.5 Å². The predicted molar refractivity (Wildman–Crippen MR) is 97.7 cm³/mol. The molecule has 0 atom stereocenters. The first-order chi connectivity index (χ1) is 13.0. The lowest BCUT2D eigenvalue weighted by atomic mass is 10.2. The molecule has 0 saturated carbocycles. The van der Waals surface area contributed by atoms with Crippen LogP contribution in [0.1, 0.15) is 17.3 Å². The highest BCUT2D eigenvalue weighted by Gasteiger charge is 2.13. The predicted octanol–water partition coefficient (Wildman–Crippen LogP) is 1.74. The summed E-state index contributed by atoms with van der Waals surface area (Å²) in [7, 11) is 0. The highest BCUT2D eigenvalue weighted by atomic mass is 16.6. The summed E-state index contributed by atoms with van der Waals surface area (Å²) in [6.45, 7) is 1.33. The lowest BCUT2D eigenvalue weighted by Crippen LogP contribution is -2.24. The third kappa shape index (κ3) is 6.03. The molecule has 0 radical (unpaired) electrons. The summed E-state index contributed by atoms with van der Waals surface area (Å²) in [6.07, 6.45) is 0. The van der Waals surface area contributed by atoms with Gasteiger partial charge in [0, 0.05) is 0 Å². The number of primary amides is 1. The molecule has 2 amide bonds. The average Bonchev–Trinajstić information content (AvgIpc) is 2.66. The molecule has 0 saturated heterocycles. The molecule has 27 heavy (non-hydrogen) atoms. The number of hydrogen-bond donors (Lipinski definition) is 2. The van der Waals surface area contributed by atoms with Gasteiger partial charge in [-0.2, -0.15) is 0 Å². The fourth-order valence-electron chi connectivity index (χ4n) is 2.16. The molecule has 142 valence electrons. The summed E-state index contributed by atoms with van der Waals surface area (Å²) < 4.78 is 15.5. The highest BCUT2D eigenvalue weighted by molar-refractivity contribution is 5.96. The molecular formula is C19H20N2O6. The van der Waals surface area contributed by atoms with E-state index in [1.807, 2.05) is 6.92 Å². The SMILES string of the molecule is CCOc1ccccc1NC(=O)COC(=O)COc1ccccc1C(N)=O. The van der Waals surface area contributed by atoms with Gasteiger partial charge < -0.3 is 25.3 Å². The first-order valence-corrected chi connectivity index (χ1v) is 8.20. The number of benzene rings is 2. The summed E-state index contributed by atoms with van der Waals surface area (Å²) in [5.74, 6) is -1.27. The van der Waals surface area contributed by atoms with Gasteiger partial charge in [0.25, 0.3) is 11.8 Å². The van der Waals surface area contributed by atoms with E-state index in [9.17, 15) is 14.4 Å². The fourth-order valence-corrected chi connectivity index (χ4v) is 2.16. The minimum Gasteiger partial charge on any atom is -0.492 e. The Morgan fingerprint density at radius 2 is 1.59 bits per heavy atom. The minimum absolute atomic E-state index is 0.149. The molecule has 2 rings (SSSR count). The Hall–Kier alpha value is -3.55. The maximum atomic E-state index is 11.9. The van der Waals surface area contributed by atoms with Crippen LogP contribution in [-0.4, -0.2) is 37.6 Å². The standard InChI is InChI=1S/C19H20N2O6/c1-2-25-16-10-6-4-8-14(16)21-17(22)11-27-18(23)12-26-15-9-5-3-7-13(15)19(20)24/h3-10H,2,11-12H2,1H3,(H2,20,24)(H,21,22). The van der Waals surface area contributed by atoms with E-state index in [4.69, 9.17) is 19.9 Å². The normalized spacial score (nSPS) is 9.96. The Morgan fingerprint density at radius 1 is 0.926 bits per heavy atom. The van der Waals surface area contributed by atoms with Gasteiger partial charge in [0.15, 0.2) is 13.2 Å². The molecule has 0 spiro atoms. The number of nitrogens with one attached hydrogen (secondary N) is 1. The number of rotatable bonds is 9. The monoisotopic (exact) mass is 372 g/mol. The van der Waals surface area contributed by atoms with Crippen molar-refractivity contribution >= 4 is 23.5 Å². The zero-order chi connectivity index (χ0) is 19.6. The van der Waals surface area contributed by atoms with E-state index in [-0.39, 0.29) is 11.3 Å². The van der Waals surface area contributed by atoms with Crippen molar-refractivity contribution < 1.29 is 28.6 Å². The molecule has 0 aliphatic rings. The largest absolute Gasteiger partial charge is 0.492 e. The van der Waals surface area contributed by atoms with Crippen LogP contribution in [0.2, 0.25) is 0 Å². The maximum absolute atomic E-state index is 11.9. The lowest BCUT2D eigenvalue weighted by Gasteiger charge is -2.12. The Bertz CT molecular complexity index is 821. The van der Waals surface area contributed by atoms with Crippen molar-refractivity contribution in [1.29, 1.82) is 0 Å². The van der Waals surface area contributed by atoms with Crippen molar-refractivity contribution in [1.82, 2.24) is 0 Å². The third-order valence-electron chi connectivity index (χ3n) is 3.32. The number of anilines is 1. The van der Waals surface area contributed by atoms with E-state index in [0.717, 1.165) is 0 Å². The van der Waals surface area contributed by atoms with Crippen molar-refractivity contribution in [2.24, 2.45) is 5.73 Å². The van der Waals surface area contributed by atoms with Gasteiger partial charge in [-0.05, 0) is 31.2 Å². The highest BCUT2D eigenvalue weighted by Crippen LogP contribution is 2.23. The Kier molecular flexibility index (Phi) is 7.18. The van der Waals surface area contributed by atoms with Crippen molar-refractivity contribution in [3.05, 3.63) is 54.1 Å². The maximum Gasteiger partial charge on any atom is 0.344 e. The van der Waals surface area contributed by atoms with E-state index >= 15 is 0 Å². The zero-order valence-corrected chi connectivity index (χ0v) is 14.8. The smallest absolute Gasteiger partial charge is 0.344 e. The quantitative estimate of drug-likeness (QED) is 0.648. The van der Waals surface area contributed by atoms with Gasteiger partial charge in [0.1, 0.15) is 11.5 Å². The molecule has 0 aliphatic carbocycles. The van der Waals surface area contributed by atoms with Gasteiger partial charge in [-0.3, -0.25) is 9.59 Å². The van der Waals surface area contributed by atoms with Gasteiger partial charge in [-0.25, -0.2) is 4.79 Å². The van der Waals surface area contributed by atoms with E-state index < -0.39 is 31.0 Å². The third-order valence-corrected chi connectivity index (χ3v) is 3.32. The summed E-state index contributed by atoms with van der Waals surface area (Å²) in [6, 6.07) is 13.2. The number of para-hydroxylation sites is 3. The summed E-state index contributed by atoms with van der Waals surface area (Å²) >= 11 is 0. The number of ether oxygens (including phenoxy) is 3. The van der Waals surface area contributed by atoms with Crippen LogP contribution in [0.15, 0.2) is 48.5 Å². The van der Waals surface area contributed by atoms with E-state index in [1.54, 1.807) is 36.4 Å². The number of carbonyl (C=O) groups excluding carboxylic acids is 3. The fraction of sp³-hybridized carbons (Fsp3) is 0.211. The van der Waals surface area contributed by atoms with Crippen LogP contribution in [0.5, 0.6) is 11.5 Å². The molecule has 0 aromatic heterocycles. The zero-order valence-electron chi connectivity index (χ0n) is 14.8. The van der Waals surface area contributed by atoms with E-state index in [2.05, 4.69) is 5.32 Å². The second kappa shape index (κ2) is 9.81. The molecule has 8 heteroatoms. The first kappa shape index (κ1) is 19.8. The first-order valence-electron chi connectivity index (χ1n) is 8.20. The topological polar surface area (TPSA) is 117 Å². The van der Waals surface area contributed by atoms with Crippen LogP contribution in [0.3, 0.4) is 0 Å². The summed E-state index contributed by atoms with van der Waals surface area (Å²) in [5.41, 5.74) is 5.86. The molecule has 0 unspecified atom stereocenters. The number of nitrogens with two attached hydrogens (primary N) is 1. The average molecular weight is 372 g/mol.